The van der Waals surface area contributed by atoms with E-state index in [4.69, 9.17) is 9.15 Å². The lowest BCUT2D eigenvalue weighted by atomic mass is 10.0. The molecule has 0 bridgehead atoms. The molecule has 0 aliphatic heterocycles. The van der Waals surface area contributed by atoms with Crippen LogP contribution in [-0.2, 0) is 9.53 Å². The molecular weight excluding hydrogens is 420 g/mol. The van der Waals surface area contributed by atoms with Crippen molar-refractivity contribution in [3.05, 3.63) is 76.5 Å². The summed E-state index contributed by atoms with van der Waals surface area (Å²) in [5.41, 5.74) is 5.53. The Balaban J connectivity index is 1.71. The molecule has 7 heteroatoms. The average molecular weight is 451 g/mol. The molecule has 1 N–H and O–H groups in total. The zero-order valence-electron chi connectivity index (χ0n) is 19.9. The number of aryl methyl sites for hydroxylation is 3. The largest absolute Gasteiger partial charge is 0.459 e. The van der Waals surface area contributed by atoms with Gasteiger partial charge >= 0.3 is 5.97 Å². The first-order valence-corrected chi connectivity index (χ1v) is 10.9. The van der Waals surface area contributed by atoms with Crippen LogP contribution in [0.1, 0.15) is 57.3 Å². The fraction of sp³-hybridized carbons (Fsp3) is 0.346. The quantitative estimate of drug-likeness (QED) is 0.404. The van der Waals surface area contributed by atoms with Gasteiger partial charge in [0.05, 0.1) is 6.26 Å². The van der Waals surface area contributed by atoms with Crippen molar-refractivity contribution < 1.29 is 23.5 Å². The number of esters is 1. The topological polar surface area (TPSA) is 90.5 Å². The summed E-state index contributed by atoms with van der Waals surface area (Å²) in [5.74, 6) is -1.61. The second-order valence-corrected chi connectivity index (χ2v) is 8.59. The number of hydrogen-bond acceptors (Lipinski definition) is 5. The molecule has 0 unspecified atom stereocenters. The molecule has 0 aliphatic rings. The van der Waals surface area contributed by atoms with E-state index in [0.29, 0.717) is 5.56 Å². The summed E-state index contributed by atoms with van der Waals surface area (Å²) in [4.78, 5) is 37.8. The van der Waals surface area contributed by atoms with Crippen LogP contribution in [0.2, 0.25) is 0 Å². The van der Waals surface area contributed by atoms with Gasteiger partial charge < -0.3 is 19.0 Å². The van der Waals surface area contributed by atoms with Gasteiger partial charge in [0, 0.05) is 22.6 Å². The number of rotatable bonds is 8. The molecule has 1 amide bonds. The van der Waals surface area contributed by atoms with Gasteiger partial charge in [0.15, 0.2) is 12.4 Å². The van der Waals surface area contributed by atoms with Gasteiger partial charge in [-0.2, -0.15) is 0 Å². The third kappa shape index (κ3) is 5.25. The summed E-state index contributed by atoms with van der Waals surface area (Å²) in [7, 11) is 0. The third-order valence-corrected chi connectivity index (χ3v) is 5.78. The number of benzene rings is 1. The highest BCUT2D eigenvalue weighted by Crippen LogP contribution is 2.23. The molecule has 0 saturated carbocycles. The van der Waals surface area contributed by atoms with Crippen molar-refractivity contribution >= 4 is 17.7 Å². The highest BCUT2D eigenvalue weighted by molar-refractivity contribution is 6.00. The van der Waals surface area contributed by atoms with E-state index >= 15 is 0 Å². The molecule has 0 spiro atoms. The minimum absolute atomic E-state index is 0.100. The minimum atomic E-state index is -0.904. The van der Waals surface area contributed by atoms with Gasteiger partial charge in [0.25, 0.3) is 5.91 Å². The van der Waals surface area contributed by atoms with E-state index in [1.54, 1.807) is 26.0 Å². The Morgan fingerprint density at radius 3 is 2.36 bits per heavy atom. The van der Waals surface area contributed by atoms with Crippen molar-refractivity contribution in [2.24, 2.45) is 5.92 Å². The summed E-state index contributed by atoms with van der Waals surface area (Å²) in [6, 6.07) is 10.1. The van der Waals surface area contributed by atoms with E-state index in [0.717, 1.165) is 22.6 Å². The molecule has 0 fully saturated rings. The van der Waals surface area contributed by atoms with Crippen LogP contribution < -0.4 is 5.32 Å². The Morgan fingerprint density at radius 1 is 1.03 bits per heavy atom. The van der Waals surface area contributed by atoms with Gasteiger partial charge in [-0.15, -0.1) is 0 Å². The van der Waals surface area contributed by atoms with Crippen LogP contribution in [0, 0.1) is 33.6 Å². The van der Waals surface area contributed by atoms with Gasteiger partial charge in [-0.25, -0.2) is 4.79 Å². The lowest BCUT2D eigenvalue weighted by Gasteiger charge is -2.20. The van der Waals surface area contributed by atoms with Crippen molar-refractivity contribution in [3.63, 3.8) is 0 Å². The third-order valence-electron chi connectivity index (χ3n) is 5.78. The number of ketones is 1. The smallest absolute Gasteiger partial charge is 0.329 e. The number of carbonyl (C=O) groups is 3. The number of furan rings is 1. The molecule has 2 heterocycles. The first kappa shape index (κ1) is 24.0. The summed E-state index contributed by atoms with van der Waals surface area (Å²) in [6.45, 7) is 11.1. The summed E-state index contributed by atoms with van der Waals surface area (Å²) >= 11 is 0. The molecule has 2 aromatic heterocycles. The van der Waals surface area contributed by atoms with Gasteiger partial charge in [-0.3, -0.25) is 9.59 Å². The lowest BCUT2D eigenvalue weighted by Crippen LogP contribution is -2.45. The number of ether oxygens (including phenoxy) is 1. The van der Waals surface area contributed by atoms with E-state index < -0.39 is 24.5 Å². The number of hydrogen-bond donors (Lipinski definition) is 1. The van der Waals surface area contributed by atoms with Crippen LogP contribution in [0.25, 0.3) is 5.69 Å². The van der Waals surface area contributed by atoms with Crippen LogP contribution >= 0.6 is 0 Å². The molecule has 174 valence electrons. The molecule has 0 aliphatic carbocycles. The minimum Gasteiger partial charge on any atom is -0.459 e. The number of Topliss-reactive ketones (excluding diaryl/α,β-unsaturated/α-hetero) is 1. The van der Waals surface area contributed by atoms with Crippen molar-refractivity contribution in [1.29, 1.82) is 0 Å². The first-order chi connectivity index (χ1) is 15.6. The Hall–Kier alpha value is -3.61. The van der Waals surface area contributed by atoms with E-state index in [2.05, 4.69) is 24.4 Å². The number of nitrogens with one attached hydrogen (secondary N) is 1. The molecular formula is C26H30N2O5. The van der Waals surface area contributed by atoms with Crippen LogP contribution in [0.5, 0.6) is 0 Å². The predicted molar refractivity (Wildman–Crippen MR) is 125 cm³/mol. The maximum atomic E-state index is 12.9. The van der Waals surface area contributed by atoms with Gasteiger partial charge in [-0.05, 0) is 75.1 Å². The van der Waals surface area contributed by atoms with Crippen LogP contribution in [0.4, 0.5) is 0 Å². The number of carbonyl (C=O) groups excluding carboxylic acids is 3. The second kappa shape index (κ2) is 9.90. The molecule has 7 nitrogen and oxygen atoms in total. The standard InChI is InChI=1S/C26H30N2O5/c1-15(2)24(27-25(30)23-8-7-11-32-23)26(31)33-14-22(29)21-13-18(5)28(19(21)6)20-10-9-16(3)17(4)12-20/h7-13,15,24H,14H2,1-6H3,(H,27,30)/t24-/m0/s1. The van der Waals surface area contributed by atoms with Crippen LogP contribution in [-0.4, -0.2) is 34.9 Å². The van der Waals surface area contributed by atoms with Crippen molar-refractivity contribution in [3.8, 4) is 5.69 Å². The van der Waals surface area contributed by atoms with Gasteiger partial charge in [0.1, 0.15) is 6.04 Å². The zero-order valence-corrected chi connectivity index (χ0v) is 19.9. The maximum absolute atomic E-state index is 12.9. The lowest BCUT2D eigenvalue weighted by molar-refractivity contribution is -0.145. The highest BCUT2D eigenvalue weighted by Gasteiger charge is 2.28. The Kier molecular flexibility index (Phi) is 7.21. The number of amides is 1. The van der Waals surface area contributed by atoms with Crippen LogP contribution in [0.15, 0.2) is 47.1 Å². The first-order valence-electron chi connectivity index (χ1n) is 10.9. The normalized spacial score (nSPS) is 12.0. The molecule has 0 radical (unpaired) electrons. The number of nitrogens with zero attached hydrogens (tertiary/aromatic N) is 1. The van der Waals surface area contributed by atoms with E-state index in [-0.39, 0.29) is 17.5 Å². The summed E-state index contributed by atoms with van der Waals surface area (Å²) in [6.07, 6.45) is 1.38. The fourth-order valence-corrected chi connectivity index (χ4v) is 3.73. The van der Waals surface area contributed by atoms with E-state index in [1.807, 2.05) is 31.4 Å². The monoisotopic (exact) mass is 450 g/mol. The predicted octanol–water partition coefficient (Wildman–Crippen LogP) is 4.48. The number of aromatic nitrogens is 1. The molecule has 0 saturated heterocycles. The molecule has 3 aromatic rings. The van der Waals surface area contributed by atoms with Gasteiger partial charge in [-0.1, -0.05) is 19.9 Å². The van der Waals surface area contributed by atoms with E-state index in [9.17, 15) is 14.4 Å². The molecule has 33 heavy (non-hydrogen) atoms. The maximum Gasteiger partial charge on any atom is 0.329 e. The second-order valence-electron chi connectivity index (χ2n) is 8.59. The van der Waals surface area contributed by atoms with Crippen molar-refractivity contribution in [1.82, 2.24) is 9.88 Å². The summed E-state index contributed by atoms with van der Waals surface area (Å²) in [5, 5.41) is 2.62. The van der Waals surface area contributed by atoms with Crippen molar-refractivity contribution in [2.75, 3.05) is 6.61 Å². The Labute approximate surface area is 193 Å². The highest BCUT2D eigenvalue weighted by atomic mass is 16.5. The fourth-order valence-electron chi connectivity index (χ4n) is 3.73. The molecule has 1 atom stereocenters. The molecule has 1 aromatic carbocycles. The van der Waals surface area contributed by atoms with Crippen molar-refractivity contribution in [2.45, 2.75) is 47.6 Å². The molecule has 3 rings (SSSR count). The average Bonchev–Trinajstić information content (AvgIpc) is 3.40. The van der Waals surface area contributed by atoms with Gasteiger partial charge in [0.2, 0.25) is 5.78 Å². The Bertz CT molecular complexity index is 1170. The summed E-state index contributed by atoms with van der Waals surface area (Å²) < 4.78 is 12.4. The Morgan fingerprint density at radius 2 is 1.76 bits per heavy atom. The SMILES string of the molecule is Cc1ccc(-n2c(C)cc(C(=O)COC(=O)[C@@H](NC(=O)c3ccco3)C(C)C)c2C)cc1C. The van der Waals surface area contributed by atoms with E-state index in [1.165, 1.54) is 17.9 Å². The zero-order chi connectivity index (χ0) is 24.3. The van der Waals surface area contributed by atoms with Crippen LogP contribution in [0.3, 0.4) is 0 Å².